The molecule has 0 aliphatic heterocycles. The maximum atomic E-state index is 12.8. The summed E-state index contributed by atoms with van der Waals surface area (Å²) in [4.78, 5) is 12.8. The number of rotatable bonds is 5. The molecule has 24 heavy (non-hydrogen) atoms. The van der Waals surface area contributed by atoms with Crippen LogP contribution in [0.2, 0.25) is 0 Å². The fraction of sp³-hybridized carbons (Fsp3) is 0.444. The molecule has 0 saturated carbocycles. The van der Waals surface area contributed by atoms with E-state index in [9.17, 15) is 13.2 Å². The summed E-state index contributed by atoms with van der Waals surface area (Å²) in [6, 6.07) is 9.72. The van der Waals surface area contributed by atoms with Crippen LogP contribution in [0.5, 0.6) is 0 Å². The van der Waals surface area contributed by atoms with E-state index < -0.39 is 20.4 Å². The van der Waals surface area contributed by atoms with Gasteiger partial charge in [0.05, 0.1) is 17.0 Å². The zero-order valence-corrected chi connectivity index (χ0v) is 15.5. The van der Waals surface area contributed by atoms with Gasteiger partial charge in [-0.3, -0.25) is 4.79 Å². The molecule has 130 valence electrons. The number of hydrogen-bond acceptors (Lipinski definition) is 5. The molecule has 0 aliphatic rings. The van der Waals surface area contributed by atoms with Crippen LogP contribution in [-0.2, 0) is 26.5 Å². The van der Waals surface area contributed by atoms with E-state index >= 15 is 0 Å². The Morgan fingerprint density at radius 1 is 1.08 bits per heavy atom. The SMILES string of the molecule is CC(C)(C)c1cc(CC(=O)C(C)(C)S(=O)(=O)c2ccccc2)no1. The van der Waals surface area contributed by atoms with Crippen molar-refractivity contribution in [3.05, 3.63) is 47.9 Å². The third kappa shape index (κ3) is 3.43. The molecule has 0 bridgehead atoms. The Bertz CT molecular complexity index is 827. The molecule has 1 heterocycles. The Balaban J connectivity index is 2.26. The maximum Gasteiger partial charge on any atom is 0.190 e. The van der Waals surface area contributed by atoms with Crippen LogP contribution in [0.3, 0.4) is 0 Å². The first-order valence-electron chi connectivity index (χ1n) is 7.75. The van der Waals surface area contributed by atoms with Gasteiger partial charge in [-0.05, 0) is 26.0 Å². The quantitative estimate of drug-likeness (QED) is 0.827. The molecule has 1 aromatic heterocycles. The largest absolute Gasteiger partial charge is 0.361 e. The van der Waals surface area contributed by atoms with Crippen molar-refractivity contribution in [2.24, 2.45) is 0 Å². The standard InChI is InChI=1S/C18H23NO4S/c1-17(2,3)16-12-13(19-23-16)11-15(20)18(4,5)24(21,22)14-9-7-6-8-10-14/h6-10,12H,11H2,1-5H3. The van der Waals surface area contributed by atoms with Crippen LogP contribution in [-0.4, -0.2) is 24.1 Å². The normalized spacial score (nSPS) is 13.0. The van der Waals surface area contributed by atoms with Gasteiger partial charge in [0.1, 0.15) is 10.5 Å². The number of aromatic nitrogens is 1. The van der Waals surface area contributed by atoms with Crippen LogP contribution >= 0.6 is 0 Å². The van der Waals surface area contributed by atoms with Gasteiger partial charge >= 0.3 is 0 Å². The number of nitrogens with zero attached hydrogens (tertiary/aromatic N) is 1. The number of Topliss-reactive ketones (excluding diaryl/α,β-unsaturated/α-hetero) is 1. The Kier molecular flexibility index (Phi) is 4.72. The summed E-state index contributed by atoms with van der Waals surface area (Å²) < 4.78 is 29.3. The summed E-state index contributed by atoms with van der Waals surface area (Å²) in [6.07, 6.45) is -0.0847. The van der Waals surface area contributed by atoms with E-state index in [4.69, 9.17) is 4.52 Å². The average Bonchev–Trinajstić information content (AvgIpc) is 2.96. The second-order valence-electron chi connectivity index (χ2n) is 7.36. The van der Waals surface area contributed by atoms with Gasteiger partial charge in [0, 0.05) is 11.5 Å². The molecular formula is C18H23NO4S. The predicted molar refractivity (Wildman–Crippen MR) is 91.6 cm³/mol. The smallest absolute Gasteiger partial charge is 0.190 e. The molecule has 0 radical (unpaired) electrons. The van der Waals surface area contributed by atoms with Crippen molar-refractivity contribution >= 4 is 15.6 Å². The Hall–Kier alpha value is -1.95. The third-order valence-corrected chi connectivity index (χ3v) is 6.50. The highest BCUT2D eigenvalue weighted by molar-refractivity contribution is 7.93. The molecule has 0 aliphatic carbocycles. The monoisotopic (exact) mass is 349 g/mol. The van der Waals surface area contributed by atoms with Crippen molar-refractivity contribution < 1.29 is 17.7 Å². The van der Waals surface area contributed by atoms with Crippen LogP contribution in [0, 0.1) is 0 Å². The summed E-state index contributed by atoms with van der Waals surface area (Å²) in [5.74, 6) is 0.245. The molecule has 5 nitrogen and oxygen atoms in total. The van der Waals surface area contributed by atoms with Crippen molar-refractivity contribution in [1.82, 2.24) is 5.16 Å². The summed E-state index contributed by atoms with van der Waals surface area (Å²) in [6.45, 7) is 8.79. The Morgan fingerprint density at radius 2 is 1.67 bits per heavy atom. The maximum absolute atomic E-state index is 12.8. The highest BCUT2D eigenvalue weighted by Gasteiger charge is 2.42. The Morgan fingerprint density at radius 3 is 2.17 bits per heavy atom. The number of ketones is 1. The van der Waals surface area contributed by atoms with Gasteiger partial charge in [0.15, 0.2) is 15.6 Å². The van der Waals surface area contributed by atoms with Crippen LogP contribution in [0.1, 0.15) is 46.1 Å². The molecule has 2 rings (SSSR count). The fourth-order valence-electron chi connectivity index (χ4n) is 2.17. The van der Waals surface area contributed by atoms with Gasteiger partial charge in [0.2, 0.25) is 0 Å². The van der Waals surface area contributed by atoms with Crippen LogP contribution in [0.25, 0.3) is 0 Å². The zero-order chi connectivity index (χ0) is 18.2. The number of carbonyl (C=O) groups excluding carboxylic acids is 1. The van der Waals surface area contributed by atoms with E-state index in [1.165, 1.54) is 26.0 Å². The zero-order valence-electron chi connectivity index (χ0n) is 14.7. The van der Waals surface area contributed by atoms with Crippen LogP contribution < -0.4 is 0 Å². The number of benzene rings is 1. The first-order valence-corrected chi connectivity index (χ1v) is 9.23. The van der Waals surface area contributed by atoms with Crippen molar-refractivity contribution in [3.8, 4) is 0 Å². The summed E-state index contributed by atoms with van der Waals surface area (Å²) in [5.41, 5.74) is 0.223. The van der Waals surface area contributed by atoms with Crippen LogP contribution in [0.4, 0.5) is 0 Å². The summed E-state index contributed by atoms with van der Waals surface area (Å²) >= 11 is 0. The minimum absolute atomic E-state index is 0.0847. The highest BCUT2D eigenvalue weighted by Crippen LogP contribution is 2.28. The Labute approximate surface area is 143 Å². The molecule has 0 unspecified atom stereocenters. The minimum Gasteiger partial charge on any atom is -0.361 e. The van der Waals surface area contributed by atoms with Gasteiger partial charge in [-0.15, -0.1) is 0 Å². The van der Waals surface area contributed by atoms with E-state index in [0.717, 1.165) is 0 Å². The summed E-state index contributed by atoms with van der Waals surface area (Å²) in [7, 11) is -3.79. The number of sulfone groups is 1. The van der Waals surface area contributed by atoms with Gasteiger partial charge < -0.3 is 4.52 Å². The van der Waals surface area contributed by atoms with Crippen molar-refractivity contribution in [2.75, 3.05) is 0 Å². The van der Waals surface area contributed by atoms with E-state index in [2.05, 4.69) is 5.16 Å². The molecule has 0 saturated heterocycles. The first-order chi connectivity index (χ1) is 11.0. The van der Waals surface area contributed by atoms with E-state index in [1.807, 2.05) is 20.8 Å². The first kappa shape index (κ1) is 18.4. The van der Waals surface area contributed by atoms with Gasteiger partial charge in [0.25, 0.3) is 0 Å². The lowest BCUT2D eigenvalue weighted by atomic mass is 9.92. The second-order valence-corrected chi connectivity index (χ2v) is 9.86. The van der Waals surface area contributed by atoms with Gasteiger partial charge in [-0.25, -0.2) is 8.42 Å². The van der Waals surface area contributed by atoms with Gasteiger partial charge in [-0.1, -0.05) is 44.1 Å². The molecule has 0 fully saturated rings. The summed E-state index contributed by atoms with van der Waals surface area (Å²) in [5, 5.41) is 3.90. The molecule has 0 atom stereocenters. The van der Waals surface area contributed by atoms with E-state index in [1.54, 1.807) is 24.3 Å². The number of hydrogen-bond donors (Lipinski definition) is 0. The molecule has 1 aromatic carbocycles. The molecule has 6 heteroatoms. The topological polar surface area (TPSA) is 77.2 Å². The lowest BCUT2D eigenvalue weighted by Crippen LogP contribution is -2.41. The molecule has 0 spiro atoms. The molecular weight excluding hydrogens is 326 g/mol. The van der Waals surface area contributed by atoms with Crippen molar-refractivity contribution in [1.29, 1.82) is 0 Å². The lowest BCUT2D eigenvalue weighted by molar-refractivity contribution is -0.120. The van der Waals surface area contributed by atoms with Gasteiger partial charge in [-0.2, -0.15) is 0 Å². The second kappa shape index (κ2) is 6.16. The molecule has 0 N–H and O–H groups in total. The number of carbonyl (C=O) groups is 1. The molecule has 0 amide bonds. The van der Waals surface area contributed by atoms with Crippen molar-refractivity contribution in [2.45, 2.75) is 56.1 Å². The lowest BCUT2D eigenvalue weighted by Gasteiger charge is -2.23. The van der Waals surface area contributed by atoms with E-state index in [-0.39, 0.29) is 16.7 Å². The third-order valence-electron chi connectivity index (χ3n) is 4.04. The van der Waals surface area contributed by atoms with Crippen molar-refractivity contribution in [3.63, 3.8) is 0 Å². The highest BCUT2D eigenvalue weighted by atomic mass is 32.2. The van der Waals surface area contributed by atoms with Crippen LogP contribution in [0.15, 0.2) is 45.8 Å². The molecule has 2 aromatic rings. The minimum atomic E-state index is -3.79. The predicted octanol–water partition coefficient (Wildman–Crippen LogP) is 3.34. The fourth-order valence-corrected chi connectivity index (χ4v) is 3.65. The average molecular weight is 349 g/mol. The van der Waals surface area contributed by atoms with E-state index in [0.29, 0.717) is 11.5 Å².